The summed E-state index contributed by atoms with van der Waals surface area (Å²) in [5.41, 5.74) is -0.933. The van der Waals surface area contributed by atoms with E-state index < -0.39 is 23.3 Å². The number of aliphatic hydroxyl groups is 1. The molecule has 1 nitrogen and oxygen atoms in total. The van der Waals surface area contributed by atoms with Crippen LogP contribution >= 0.6 is 0 Å². The molecule has 0 aliphatic heterocycles. The lowest BCUT2D eigenvalue weighted by Crippen LogP contribution is -2.28. The van der Waals surface area contributed by atoms with Crippen LogP contribution in [0.25, 0.3) is 0 Å². The summed E-state index contributed by atoms with van der Waals surface area (Å²) in [6, 6.07) is 14.2. The Balaban J connectivity index is 2.48. The standard InChI is InChI=1S/C17H17F3O/c1-16(2,12-8-4-3-5-9-12)15(21)13-10-6-7-11-14(13)17(18,19)20/h3-11,15,21H,1-2H3. The summed E-state index contributed by atoms with van der Waals surface area (Å²) >= 11 is 0. The third-order valence-corrected chi connectivity index (χ3v) is 3.76. The van der Waals surface area contributed by atoms with Crippen LogP contribution in [0.2, 0.25) is 0 Å². The lowest BCUT2D eigenvalue weighted by Gasteiger charge is -2.33. The molecule has 1 unspecified atom stereocenters. The molecule has 21 heavy (non-hydrogen) atoms. The van der Waals surface area contributed by atoms with Gasteiger partial charge in [0, 0.05) is 5.41 Å². The Morgan fingerprint density at radius 1 is 0.857 bits per heavy atom. The molecule has 2 aromatic rings. The minimum absolute atomic E-state index is 0.0983. The molecule has 2 rings (SSSR count). The molecule has 0 aliphatic rings. The highest BCUT2D eigenvalue weighted by Crippen LogP contribution is 2.42. The maximum absolute atomic E-state index is 13.1. The van der Waals surface area contributed by atoms with Crippen molar-refractivity contribution in [3.8, 4) is 0 Å². The summed E-state index contributed by atoms with van der Waals surface area (Å²) in [4.78, 5) is 0. The Labute approximate surface area is 122 Å². The predicted molar refractivity (Wildman–Crippen MR) is 75.9 cm³/mol. The Hall–Kier alpha value is -1.81. The minimum atomic E-state index is -4.48. The molecule has 0 bridgehead atoms. The van der Waals surface area contributed by atoms with Crippen LogP contribution in [0.5, 0.6) is 0 Å². The van der Waals surface area contributed by atoms with E-state index in [1.807, 2.05) is 6.07 Å². The SMILES string of the molecule is CC(C)(c1ccccc1)C(O)c1ccccc1C(F)(F)F. The summed E-state index contributed by atoms with van der Waals surface area (Å²) in [6.45, 7) is 3.47. The average Bonchev–Trinajstić information content (AvgIpc) is 2.46. The van der Waals surface area contributed by atoms with Gasteiger partial charge in [0.1, 0.15) is 0 Å². The molecule has 0 saturated heterocycles. The largest absolute Gasteiger partial charge is 0.416 e. The van der Waals surface area contributed by atoms with Crippen molar-refractivity contribution in [2.45, 2.75) is 31.5 Å². The molecule has 0 saturated carbocycles. The van der Waals surface area contributed by atoms with Crippen molar-refractivity contribution in [1.82, 2.24) is 0 Å². The van der Waals surface area contributed by atoms with Crippen LogP contribution in [-0.2, 0) is 11.6 Å². The van der Waals surface area contributed by atoms with Crippen LogP contribution in [0.4, 0.5) is 13.2 Å². The highest BCUT2D eigenvalue weighted by atomic mass is 19.4. The second-order valence-electron chi connectivity index (χ2n) is 5.58. The Morgan fingerprint density at radius 3 is 1.95 bits per heavy atom. The van der Waals surface area contributed by atoms with Crippen LogP contribution in [0, 0.1) is 0 Å². The zero-order chi connectivity index (χ0) is 15.7. The zero-order valence-electron chi connectivity index (χ0n) is 11.9. The fourth-order valence-corrected chi connectivity index (χ4v) is 2.41. The van der Waals surface area contributed by atoms with Crippen LogP contribution in [0.15, 0.2) is 54.6 Å². The molecule has 0 spiro atoms. The third kappa shape index (κ3) is 3.10. The highest BCUT2D eigenvalue weighted by molar-refractivity contribution is 5.36. The van der Waals surface area contributed by atoms with E-state index in [4.69, 9.17) is 0 Å². The second-order valence-corrected chi connectivity index (χ2v) is 5.58. The summed E-state index contributed by atoms with van der Waals surface area (Å²) in [6.07, 6.45) is -5.73. The maximum atomic E-state index is 13.1. The minimum Gasteiger partial charge on any atom is -0.387 e. The normalized spacial score (nSPS) is 14.0. The summed E-state index contributed by atoms with van der Waals surface area (Å²) in [5.74, 6) is 0. The molecule has 0 radical (unpaired) electrons. The van der Waals surface area contributed by atoms with Crippen LogP contribution < -0.4 is 0 Å². The number of halogens is 3. The molecule has 0 fully saturated rings. The molecule has 1 N–H and O–H groups in total. The van der Waals surface area contributed by atoms with Crippen LogP contribution in [0.3, 0.4) is 0 Å². The average molecular weight is 294 g/mol. The molecule has 1 atom stereocenters. The predicted octanol–water partition coefficient (Wildman–Crippen LogP) is 4.72. The van der Waals surface area contributed by atoms with Gasteiger partial charge in [0.2, 0.25) is 0 Å². The zero-order valence-corrected chi connectivity index (χ0v) is 11.9. The van der Waals surface area contributed by atoms with Gasteiger partial charge in [-0.15, -0.1) is 0 Å². The first-order valence-corrected chi connectivity index (χ1v) is 6.64. The number of benzene rings is 2. The van der Waals surface area contributed by atoms with Gasteiger partial charge in [-0.25, -0.2) is 0 Å². The lowest BCUT2D eigenvalue weighted by molar-refractivity contribution is -0.139. The number of rotatable bonds is 3. The quantitative estimate of drug-likeness (QED) is 0.868. The molecule has 0 aliphatic carbocycles. The van der Waals surface area contributed by atoms with Gasteiger partial charge in [-0.3, -0.25) is 0 Å². The van der Waals surface area contributed by atoms with Crippen molar-refractivity contribution in [2.75, 3.05) is 0 Å². The van der Waals surface area contributed by atoms with E-state index in [0.717, 1.165) is 11.6 Å². The fourth-order valence-electron chi connectivity index (χ4n) is 2.41. The van der Waals surface area contributed by atoms with Crippen molar-refractivity contribution >= 4 is 0 Å². The Bertz CT molecular complexity index is 603. The highest BCUT2D eigenvalue weighted by Gasteiger charge is 2.39. The molecule has 2 aromatic carbocycles. The van der Waals surface area contributed by atoms with Crippen LogP contribution in [0.1, 0.15) is 36.6 Å². The first kappa shape index (κ1) is 15.6. The second kappa shape index (κ2) is 5.53. The van der Waals surface area contributed by atoms with Gasteiger partial charge < -0.3 is 5.11 Å². The van der Waals surface area contributed by atoms with Gasteiger partial charge >= 0.3 is 6.18 Å². The van der Waals surface area contributed by atoms with Crippen molar-refractivity contribution < 1.29 is 18.3 Å². The van der Waals surface area contributed by atoms with Gasteiger partial charge in [-0.05, 0) is 17.2 Å². The van der Waals surface area contributed by atoms with E-state index in [1.165, 1.54) is 18.2 Å². The van der Waals surface area contributed by atoms with Crippen molar-refractivity contribution in [3.05, 3.63) is 71.3 Å². The smallest absolute Gasteiger partial charge is 0.387 e. The molecular weight excluding hydrogens is 277 g/mol. The van der Waals surface area contributed by atoms with E-state index >= 15 is 0 Å². The first-order chi connectivity index (χ1) is 9.74. The van der Waals surface area contributed by atoms with Gasteiger partial charge in [-0.2, -0.15) is 13.2 Å². The first-order valence-electron chi connectivity index (χ1n) is 6.64. The van der Waals surface area contributed by atoms with E-state index in [9.17, 15) is 18.3 Å². The molecular formula is C17H17F3O. The van der Waals surface area contributed by atoms with Gasteiger partial charge in [0.25, 0.3) is 0 Å². The molecule has 0 aromatic heterocycles. The van der Waals surface area contributed by atoms with Crippen molar-refractivity contribution in [1.29, 1.82) is 0 Å². The van der Waals surface area contributed by atoms with Crippen molar-refractivity contribution in [2.24, 2.45) is 0 Å². The topological polar surface area (TPSA) is 20.2 Å². The van der Waals surface area contributed by atoms with Crippen molar-refractivity contribution in [3.63, 3.8) is 0 Å². The molecule has 4 heteroatoms. The van der Waals surface area contributed by atoms with Gasteiger partial charge in [0.15, 0.2) is 0 Å². The summed E-state index contributed by atoms with van der Waals surface area (Å²) in [7, 11) is 0. The third-order valence-electron chi connectivity index (χ3n) is 3.76. The molecule has 112 valence electrons. The number of alkyl halides is 3. The van der Waals surface area contributed by atoms with E-state index in [-0.39, 0.29) is 5.56 Å². The number of hydrogen-bond acceptors (Lipinski definition) is 1. The summed E-state index contributed by atoms with van der Waals surface area (Å²) < 4.78 is 39.3. The molecule has 0 amide bonds. The lowest BCUT2D eigenvalue weighted by atomic mass is 9.75. The maximum Gasteiger partial charge on any atom is 0.416 e. The van der Waals surface area contributed by atoms with E-state index in [2.05, 4.69) is 0 Å². The van der Waals surface area contributed by atoms with Gasteiger partial charge in [-0.1, -0.05) is 62.4 Å². The Kier molecular flexibility index (Phi) is 4.10. The summed E-state index contributed by atoms with van der Waals surface area (Å²) in [5, 5.41) is 10.5. The van der Waals surface area contributed by atoms with E-state index in [1.54, 1.807) is 38.1 Å². The van der Waals surface area contributed by atoms with Crippen LogP contribution in [-0.4, -0.2) is 5.11 Å². The number of aliphatic hydroxyl groups excluding tert-OH is 1. The number of hydrogen-bond donors (Lipinski definition) is 1. The molecule has 0 heterocycles. The fraction of sp³-hybridized carbons (Fsp3) is 0.294. The van der Waals surface area contributed by atoms with Gasteiger partial charge in [0.05, 0.1) is 11.7 Å². The van der Waals surface area contributed by atoms with E-state index in [0.29, 0.717) is 0 Å². The Morgan fingerprint density at radius 2 is 1.38 bits per heavy atom. The monoisotopic (exact) mass is 294 g/mol.